The van der Waals surface area contributed by atoms with E-state index in [0.29, 0.717) is 33.9 Å². The number of carbonyl (C=O) groups excluding carboxylic acids is 3. The van der Waals surface area contributed by atoms with Crippen molar-refractivity contribution in [2.45, 2.75) is 19.3 Å². The van der Waals surface area contributed by atoms with E-state index in [1.165, 1.54) is 4.90 Å². The maximum absolute atomic E-state index is 13.1. The first-order valence-corrected chi connectivity index (χ1v) is 10.3. The van der Waals surface area contributed by atoms with Crippen LogP contribution in [0.25, 0.3) is 0 Å². The molecule has 1 heterocycles. The van der Waals surface area contributed by atoms with Gasteiger partial charge in [-0.15, -0.1) is 0 Å². The molecular weight excluding hydrogens is 390 g/mol. The van der Waals surface area contributed by atoms with Crippen LogP contribution in [0.1, 0.15) is 29.6 Å². The Morgan fingerprint density at radius 1 is 0.966 bits per heavy atom. The van der Waals surface area contributed by atoms with Gasteiger partial charge in [-0.2, -0.15) is 0 Å². The van der Waals surface area contributed by atoms with Gasteiger partial charge in [0.15, 0.2) is 12.4 Å². The van der Waals surface area contributed by atoms with Crippen LogP contribution in [0.4, 0.5) is 5.69 Å². The molecule has 2 bridgehead atoms. The van der Waals surface area contributed by atoms with Crippen molar-refractivity contribution < 1.29 is 19.1 Å². The summed E-state index contributed by atoms with van der Waals surface area (Å²) in [5, 5.41) is 0.554. The lowest BCUT2D eigenvalue weighted by Gasteiger charge is -2.20. The summed E-state index contributed by atoms with van der Waals surface area (Å²) in [4.78, 5) is 39.9. The van der Waals surface area contributed by atoms with E-state index in [1.54, 1.807) is 48.5 Å². The number of imide groups is 1. The van der Waals surface area contributed by atoms with Crippen molar-refractivity contribution in [2.75, 3.05) is 11.5 Å². The van der Waals surface area contributed by atoms with Gasteiger partial charge in [0.05, 0.1) is 17.5 Å². The van der Waals surface area contributed by atoms with Crippen molar-refractivity contribution in [1.82, 2.24) is 0 Å². The minimum atomic E-state index is -0.203. The number of fused-ring (bicyclic) bond motifs is 5. The fourth-order valence-corrected chi connectivity index (χ4v) is 5.40. The summed E-state index contributed by atoms with van der Waals surface area (Å²) >= 11 is 5.86. The number of hydrogen-bond donors (Lipinski definition) is 0. The molecule has 0 radical (unpaired) electrons. The molecule has 5 rings (SSSR count). The molecule has 3 fully saturated rings. The summed E-state index contributed by atoms with van der Waals surface area (Å²) < 4.78 is 5.76. The van der Waals surface area contributed by atoms with Gasteiger partial charge < -0.3 is 4.74 Å². The smallest absolute Gasteiger partial charge is 0.238 e. The van der Waals surface area contributed by atoms with Gasteiger partial charge in [0.2, 0.25) is 11.8 Å². The van der Waals surface area contributed by atoms with E-state index in [4.69, 9.17) is 16.3 Å². The molecule has 1 aliphatic heterocycles. The summed E-state index contributed by atoms with van der Waals surface area (Å²) in [6, 6.07) is 13.5. The molecule has 0 aromatic heterocycles. The fourth-order valence-electron chi connectivity index (χ4n) is 5.27. The first-order valence-electron chi connectivity index (χ1n) is 9.93. The summed E-state index contributed by atoms with van der Waals surface area (Å²) in [5.41, 5.74) is 0.923. The Labute approximate surface area is 173 Å². The van der Waals surface area contributed by atoms with Crippen LogP contribution >= 0.6 is 11.6 Å². The molecule has 2 aromatic carbocycles. The Morgan fingerprint density at radius 2 is 1.59 bits per heavy atom. The molecule has 2 aromatic rings. The Kier molecular flexibility index (Phi) is 4.43. The monoisotopic (exact) mass is 409 g/mol. The molecule has 6 heteroatoms. The van der Waals surface area contributed by atoms with Gasteiger partial charge >= 0.3 is 0 Å². The van der Waals surface area contributed by atoms with Crippen molar-refractivity contribution >= 4 is 34.9 Å². The second-order valence-electron chi connectivity index (χ2n) is 8.08. The Balaban J connectivity index is 1.37. The van der Waals surface area contributed by atoms with Crippen LogP contribution in [0.2, 0.25) is 5.02 Å². The number of ether oxygens (including phenoxy) is 1. The number of carbonyl (C=O) groups is 3. The average molecular weight is 410 g/mol. The number of ketones is 1. The van der Waals surface area contributed by atoms with E-state index in [-0.39, 0.29) is 36.0 Å². The minimum Gasteiger partial charge on any atom is -0.483 e. The predicted octanol–water partition coefficient (Wildman–Crippen LogP) is 4.14. The molecular formula is C23H20ClNO4. The molecule has 2 saturated carbocycles. The van der Waals surface area contributed by atoms with Crippen LogP contribution in [-0.2, 0) is 9.59 Å². The standard InChI is InChI=1S/C23H20ClNO4/c24-16-9-7-13(8-10-16)18(26)12-29-19-4-2-1-3-17(19)25-22(27)20-14-5-6-15(11-14)21(20)23(25)28/h1-4,7-10,14-15,20-21H,5-6,11-12H2/t14-,15-,20+,21+/m0/s1. The molecule has 0 unspecified atom stereocenters. The highest BCUT2D eigenvalue weighted by atomic mass is 35.5. The maximum Gasteiger partial charge on any atom is 0.238 e. The highest BCUT2D eigenvalue weighted by Gasteiger charge is 2.61. The molecule has 2 amide bonds. The lowest BCUT2D eigenvalue weighted by Crippen LogP contribution is -2.33. The minimum absolute atomic E-state index is 0.118. The number of hydrogen-bond acceptors (Lipinski definition) is 4. The van der Waals surface area contributed by atoms with E-state index in [0.717, 1.165) is 19.3 Å². The summed E-state index contributed by atoms with van der Waals surface area (Å²) in [5.74, 6) is 0.195. The topological polar surface area (TPSA) is 63.7 Å². The third kappa shape index (κ3) is 2.96. The number of halogens is 1. The van der Waals surface area contributed by atoms with Gasteiger partial charge in [0.1, 0.15) is 5.75 Å². The second kappa shape index (κ2) is 6.99. The molecule has 3 aliphatic rings. The van der Waals surface area contributed by atoms with Gasteiger partial charge in [0, 0.05) is 10.6 Å². The van der Waals surface area contributed by atoms with Crippen molar-refractivity contribution in [3.63, 3.8) is 0 Å². The maximum atomic E-state index is 13.1. The van der Waals surface area contributed by atoms with E-state index < -0.39 is 0 Å². The van der Waals surface area contributed by atoms with Crippen LogP contribution in [0.15, 0.2) is 48.5 Å². The molecule has 29 heavy (non-hydrogen) atoms. The molecule has 0 spiro atoms. The molecule has 4 atom stereocenters. The predicted molar refractivity (Wildman–Crippen MR) is 108 cm³/mol. The van der Waals surface area contributed by atoms with E-state index in [1.807, 2.05) is 0 Å². The van der Waals surface area contributed by atoms with E-state index in [2.05, 4.69) is 0 Å². The van der Waals surface area contributed by atoms with Crippen LogP contribution < -0.4 is 9.64 Å². The SMILES string of the molecule is O=C(COc1ccccc1N1C(=O)[C@@H]2[C@H]3CC[C@@H](C3)[C@H]2C1=O)c1ccc(Cl)cc1. The van der Waals surface area contributed by atoms with Crippen LogP contribution in [0, 0.1) is 23.7 Å². The van der Waals surface area contributed by atoms with E-state index >= 15 is 0 Å². The summed E-state index contributed by atoms with van der Waals surface area (Å²) in [7, 11) is 0. The number of anilines is 1. The number of benzene rings is 2. The van der Waals surface area contributed by atoms with Gasteiger partial charge in [-0.05, 0) is 67.5 Å². The van der Waals surface area contributed by atoms with Crippen molar-refractivity contribution in [3.8, 4) is 5.75 Å². The molecule has 2 aliphatic carbocycles. The van der Waals surface area contributed by atoms with Gasteiger partial charge in [-0.25, -0.2) is 4.90 Å². The lowest BCUT2D eigenvalue weighted by molar-refractivity contribution is -0.123. The zero-order chi connectivity index (χ0) is 20.1. The van der Waals surface area contributed by atoms with Gasteiger partial charge in [-0.3, -0.25) is 14.4 Å². The molecule has 1 saturated heterocycles. The largest absolute Gasteiger partial charge is 0.483 e. The van der Waals surface area contributed by atoms with Crippen molar-refractivity contribution in [3.05, 3.63) is 59.1 Å². The fraction of sp³-hybridized carbons (Fsp3) is 0.348. The summed E-state index contributed by atoms with van der Waals surface area (Å²) in [6.07, 6.45) is 3.06. The Hall–Kier alpha value is -2.66. The molecule has 148 valence electrons. The Morgan fingerprint density at radius 3 is 2.24 bits per heavy atom. The average Bonchev–Trinajstić information content (AvgIpc) is 3.41. The number of rotatable bonds is 5. The van der Waals surface area contributed by atoms with E-state index in [9.17, 15) is 14.4 Å². The highest BCUT2D eigenvalue weighted by Crippen LogP contribution is 2.57. The molecule has 5 nitrogen and oxygen atoms in total. The van der Waals surface area contributed by atoms with Gasteiger partial charge in [0.25, 0.3) is 0 Å². The normalized spacial score (nSPS) is 27.4. The number of amides is 2. The number of para-hydroxylation sites is 2. The summed E-state index contributed by atoms with van der Waals surface area (Å²) in [6.45, 7) is -0.188. The lowest BCUT2D eigenvalue weighted by atomic mass is 9.81. The van der Waals surface area contributed by atoms with Crippen molar-refractivity contribution in [2.24, 2.45) is 23.7 Å². The van der Waals surface area contributed by atoms with Crippen LogP contribution in [-0.4, -0.2) is 24.2 Å². The Bertz CT molecular complexity index is 974. The quantitative estimate of drug-likeness (QED) is 0.550. The second-order valence-corrected chi connectivity index (χ2v) is 8.52. The highest BCUT2D eigenvalue weighted by molar-refractivity contribution is 6.30. The third-order valence-electron chi connectivity index (χ3n) is 6.56. The first-order chi connectivity index (χ1) is 14.0. The van der Waals surface area contributed by atoms with Gasteiger partial charge in [-0.1, -0.05) is 23.7 Å². The van der Waals surface area contributed by atoms with Crippen LogP contribution in [0.3, 0.4) is 0 Å². The number of Topliss-reactive ketones (excluding diaryl/α,β-unsaturated/α-hetero) is 1. The third-order valence-corrected chi connectivity index (χ3v) is 6.81. The van der Waals surface area contributed by atoms with Crippen LogP contribution in [0.5, 0.6) is 5.75 Å². The number of nitrogens with zero attached hydrogens (tertiary/aromatic N) is 1. The first kappa shape index (κ1) is 18.4. The zero-order valence-corrected chi connectivity index (χ0v) is 16.5. The van der Waals surface area contributed by atoms with Crippen molar-refractivity contribution in [1.29, 1.82) is 0 Å². The molecule has 0 N–H and O–H groups in total. The zero-order valence-electron chi connectivity index (χ0n) is 15.7.